The number of ether oxygens (including phenoxy) is 1. The molecule has 2 saturated heterocycles. The number of fused-ring (bicyclic) bond motifs is 1. The van der Waals surface area contributed by atoms with Crippen molar-refractivity contribution in [1.82, 2.24) is 20.0 Å². The van der Waals surface area contributed by atoms with E-state index >= 15 is 0 Å². The summed E-state index contributed by atoms with van der Waals surface area (Å²) in [5.74, 6) is -0.292. The van der Waals surface area contributed by atoms with Crippen LogP contribution in [0, 0.1) is 0 Å². The van der Waals surface area contributed by atoms with Crippen LogP contribution in [0.1, 0.15) is 39.9 Å². The Balaban J connectivity index is 1.18. The Morgan fingerprint density at radius 3 is 2.39 bits per heavy atom. The second kappa shape index (κ2) is 10.6. The normalized spacial score (nSPS) is 20.8. The summed E-state index contributed by atoms with van der Waals surface area (Å²) in [5, 5.41) is 2.33. The number of hydrogen-bond donors (Lipinski definition) is 1. The highest BCUT2D eigenvalue weighted by molar-refractivity contribution is 6.05. The van der Waals surface area contributed by atoms with E-state index in [1.165, 1.54) is 10.5 Å². The van der Waals surface area contributed by atoms with Gasteiger partial charge in [0.1, 0.15) is 24.7 Å². The molecule has 1 N–H and O–H groups in total. The number of imide groups is 1. The third-order valence-electron chi connectivity index (χ3n) is 7.16. The molecule has 0 bridgehead atoms. The number of nitrogens with zero attached hydrogens (tertiary/aromatic N) is 3. The SMILES string of the molecule is O=CCN1CCN(Cc2ccc(COc3cccc4c3CN(C3CCC(=O)NC3=O)C4=O)cc2)CC1. The first-order valence-electron chi connectivity index (χ1n) is 12.4. The van der Waals surface area contributed by atoms with Gasteiger partial charge in [-0.25, -0.2) is 0 Å². The molecular weight excluding hydrogens is 460 g/mol. The van der Waals surface area contributed by atoms with Gasteiger partial charge in [0.2, 0.25) is 11.8 Å². The Bertz CT molecular complexity index is 1160. The molecule has 5 rings (SSSR count). The maximum absolute atomic E-state index is 13.0. The summed E-state index contributed by atoms with van der Waals surface area (Å²) in [4.78, 5) is 53.6. The van der Waals surface area contributed by atoms with Crippen LogP contribution < -0.4 is 10.1 Å². The standard InChI is InChI=1S/C27H30N4O5/c32-15-14-29-10-12-30(13-11-29)16-19-4-6-20(7-5-19)18-36-24-3-1-2-21-22(24)17-31(27(21)35)23-8-9-25(33)28-26(23)34/h1-7,15,23H,8-14,16-18H2,(H,28,33,34). The summed E-state index contributed by atoms with van der Waals surface area (Å²) in [5.41, 5.74) is 3.57. The van der Waals surface area contributed by atoms with Crippen LogP contribution in [0.25, 0.3) is 0 Å². The molecule has 1 unspecified atom stereocenters. The number of rotatable bonds is 8. The number of carbonyl (C=O) groups excluding carboxylic acids is 4. The van der Waals surface area contributed by atoms with Crippen molar-refractivity contribution in [2.24, 2.45) is 0 Å². The number of hydrogen-bond acceptors (Lipinski definition) is 7. The van der Waals surface area contributed by atoms with Crippen LogP contribution in [-0.4, -0.2) is 77.5 Å². The van der Waals surface area contributed by atoms with E-state index in [4.69, 9.17) is 4.74 Å². The molecule has 0 saturated carbocycles. The van der Waals surface area contributed by atoms with E-state index in [1.54, 1.807) is 12.1 Å². The Morgan fingerprint density at radius 2 is 1.67 bits per heavy atom. The molecule has 3 heterocycles. The lowest BCUT2D eigenvalue weighted by Gasteiger charge is -2.33. The van der Waals surface area contributed by atoms with Crippen molar-refractivity contribution in [2.75, 3.05) is 32.7 Å². The Kier molecular flexibility index (Phi) is 7.11. The van der Waals surface area contributed by atoms with Crippen molar-refractivity contribution < 1.29 is 23.9 Å². The second-order valence-corrected chi connectivity index (χ2v) is 9.53. The van der Waals surface area contributed by atoms with Crippen LogP contribution in [-0.2, 0) is 34.1 Å². The predicted molar refractivity (Wildman–Crippen MR) is 131 cm³/mol. The summed E-state index contributed by atoms with van der Waals surface area (Å²) >= 11 is 0. The van der Waals surface area contributed by atoms with Gasteiger partial charge in [-0.15, -0.1) is 0 Å². The van der Waals surface area contributed by atoms with Crippen LogP contribution in [0.4, 0.5) is 0 Å². The van der Waals surface area contributed by atoms with E-state index in [2.05, 4.69) is 39.4 Å². The largest absolute Gasteiger partial charge is 0.489 e. The zero-order chi connectivity index (χ0) is 25.1. The van der Waals surface area contributed by atoms with Crippen LogP contribution in [0.2, 0.25) is 0 Å². The molecule has 9 heteroatoms. The average molecular weight is 491 g/mol. The summed E-state index contributed by atoms with van der Waals surface area (Å²) < 4.78 is 6.11. The van der Waals surface area contributed by atoms with E-state index in [0.29, 0.717) is 30.9 Å². The second-order valence-electron chi connectivity index (χ2n) is 9.53. The number of carbonyl (C=O) groups is 4. The molecule has 2 fully saturated rings. The number of nitrogens with one attached hydrogen (secondary N) is 1. The molecule has 3 amide bonds. The maximum Gasteiger partial charge on any atom is 0.255 e. The summed E-state index contributed by atoms with van der Waals surface area (Å²) in [6, 6.07) is 13.1. The Labute approximate surface area is 210 Å². The van der Waals surface area contributed by atoms with Crippen molar-refractivity contribution in [3.05, 3.63) is 64.7 Å². The van der Waals surface area contributed by atoms with E-state index in [0.717, 1.165) is 50.1 Å². The van der Waals surface area contributed by atoms with Gasteiger partial charge in [-0.3, -0.25) is 29.5 Å². The average Bonchev–Trinajstić information content (AvgIpc) is 3.22. The lowest BCUT2D eigenvalue weighted by Crippen LogP contribution is -2.52. The van der Waals surface area contributed by atoms with E-state index in [9.17, 15) is 19.2 Å². The molecular formula is C27H30N4O5. The van der Waals surface area contributed by atoms with E-state index in [-0.39, 0.29) is 24.8 Å². The molecule has 1 atom stereocenters. The van der Waals surface area contributed by atoms with Crippen LogP contribution in [0.3, 0.4) is 0 Å². The van der Waals surface area contributed by atoms with Gasteiger partial charge in [-0.2, -0.15) is 0 Å². The van der Waals surface area contributed by atoms with E-state index < -0.39 is 11.9 Å². The maximum atomic E-state index is 13.0. The van der Waals surface area contributed by atoms with Crippen LogP contribution in [0.15, 0.2) is 42.5 Å². The Hall–Kier alpha value is -3.56. The van der Waals surface area contributed by atoms with Gasteiger partial charge in [0.15, 0.2) is 0 Å². The topological polar surface area (TPSA) is 99.3 Å². The van der Waals surface area contributed by atoms with E-state index in [1.807, 2.05) is 6.07 Å². The quantitative estimate of drug-likeness (QED) is 0.440. The van der Waals surface area contributed by atoms with Crippen molar-refractivity contribution in [3.63, 3.8) is 0 Å². The van der Waals surface area contributed by atoms with Gasteiger partial charge in [-0.05, 0) is 29.7 Å². The van der Waals surface area contributed by atoms with Gasteiger partial charge in [0, 0.05) is 50.3 Å². The third kappa shape index (κ3) is 5.17. The fraction of sp³-hybridized carbons (Fsp3) is 0.407. The van der Waals surface area contributed by atoms with Crippen LogP contribution >= 0.6 is 0 Å². The minimum Gasteiger partial charge on any atom is -0.489 e. The zero-order valence-electron chi connectivity index (χ0n) is 20.2. The summed E-state index contributed by atoms with van der Waals surface area (Å²) in [7, 11) is 0. The molecule has 0 spiro atoms. The van der Waals surface area contributed by atoms with Gasteiger partial charge >= 0.3 is 0 Å². The number of benzene rings is 2. The fourth-order valence-corrected chi connectivity index (χ4v) is 5.09. The lowest BCUT2D eigenvalue weighted by molar-refractivity contribution is -0.136. The first-order valence-corrected chi connectivity index (χ1v) is 12.4. The minimum atomic E-state index is -0.643. The highest BCUT2D eigenvalue weighted by Crippen LogP contribution is 2.34. The molecule has 188 valence electrons. The number of aldehydes is 1. The Morgan fingerprint density at radius 1 is 0.944 bits per heavy atom. The molecule has 0 aliphatic carbocycles. The van der Waals surface area contributed by atoms with Crippen LogP contribution in [0.5, 0.6) is 5.75 Å². The first-order chi connectivity index (χ1) is 17.5. The predicted octanol–water partition coefficient (Wildman–Crippen LogP) is 1.34. The number of piperazine rings is 1. The van der Waals surface area contributed by atoms with Crippen molar-refractivity contribution in [3.8, 4) is 5.75 Å². The first kappa shape index (κ1) is 24.1. The van der Waals surface area contributed by atoms with Crippen molar-refractivity contribution in [1.29, 1.82) is 0 Å². The molecule has 2 aromatic carbocycles. The highest BCUT2D eigenvalue weighted by atomic mass is 16.5. The zero-order valence-corrected chi connectivity index (χ0v) is 20.2. The fourth-order valence-electron chi connectivity index (χ4n) is 5.09. The molecule has 0 aromatic heterocycles. The molecule has 0 radical (unpaired) electrons. The molecule has 3 aliphatic rings. The third-order valence-corrected chi connectivity index (χ3v) is 7.16. The van der Waals surface area contributed by atoms with Gasteiger partial charge in [-0.1, -0.05) is 30.3 Å². The smallest absolute Gasteiger partial charge is 0.255 e. The molecule has 2 aromatic rings. The van der Waals surface area contributed by atoms with Crippen molar-refractivity contribution in [2.45, 2.75) is 38.6 Å². The summed E-state index contributed by atoms with van der Waals surface area (Å²) in [6.45, 7) is 5.77. The van der Waals surface area contributed by atoms with Gasteiger partial charge in [0.05, 0.1) is 13.1 Å². The van der Waals surface area contributed by atoms with Gasteiger partial charge < -0.3 is 14.4 Å². The van der Waals surface area contributed by atoms with Crippen molar-refractivity contribution >= 4 is 24.0 Å². The monoisotopic (exact) mass is 490 g/mol. The molecule has 9 nitrogen and oxygen atoms in total. The number of piperidine rings is 1. The number of amides is 3. The summed E-state index contributed by atoms with van der Waals surface area (Å²) in [6.07, 6.45) is 1.53. The molecule has 36 heavy (non-hydrogen) atoms. The lowest BCUT2D eigenvalue weighted by atomic mass is 10.0. The van der Waals surface area contributed by atoms with Gasteiger partial charge in [0.25, 0.3) is 5.91 Å². The minimum absolute atomic E-state index is 0.207. The highest BCUT2D eigenvalue weighted by Gasteiger charge is 2.40. The molecule has 3 aliphatic heterocycles.